The van der Waals surface area contributed by atoms with Crippen molar-refractivity contribution in [2.24, 2.45) is 5.92 Å². The fourth-order valence-corrected chi connectivity index (χ4v) is 3.79. The Bertz CT molecular complexity index is 989. The molecule has 0 spiro atoms. The van der Waals surface area contributed by atoms with Crippen LogP contribution >= 0.6 is 11.6 Å². The maximum absolute atomic E-state index is 12.6. The Hall–Kier alpha value is -2.53. The smallest absolute Gasteiger partial charge is 0.287 e. The topological polar surface area (TPSA) is 58.4 Å². The average molecular weight is 398 g/mol. The normalized spacial score (nSPS) is 15.2. The van der Waals surface area contributed by atoms with Gasteiger partial charge in [-0.15, -0.1) is 0 Å². The van der Waals surface area contributed by atoms with Gasteiger partial charge in [0.2, 0.25) is 0 Å². The number of anilines is 1. The molecule has 4 rings (SSSR count). The minimum atomic E-state index is -0.237. The monoisotopic (exact) mass is 397 g/mol. The maximum Gasteiger partial charge on any atom is 0.287 e. The Kier molecular flexibility index (Phi) is 5.27. The number of hydrogen-bond acceptors (Lipinski definition) is 4. The molecule has 3 aromatic rings. The molecule has 1 aliphatic heterocycles. The Balaban J connectivity index is 1.40. The summed E-state index contributed by atoms with van der Waals surface area (Å²) in [6.45, 7) is 6.68. The predicted molar refractivity (Wildman–Crippen MR) is 112 cm³/mol. The van der Waals surface area contributed by atoms with E-state index in [0.29, 0.717) is 22.9 Å². The number of nitrogens with zero attached hydrogens (tertiary/aromatic N) is 2. The summed E-state index contributed by atoms with van der Waals surface area (Å²) < 4.78 is 5.72. The summed E-state index contributed by atoms with van der Waals surface area (Å²) in [5.74, 6) is 1.89. The van der Waals surface area contributed by atoms with Crippen molar-refractivity contribution in [1.82, 2.24) is 10.3 Å². The highest BCUT2D eigenvalue weighted by Gasteiger charge is 2.19. The number of benzene rings is 1. The number of aryl methyl sites for hydroxylation is 1. The standard InChI is InChI=1S/C22H24ClN3O2/c1-14-7-9-26(10-8-14)20-6-3-16(12-24-20)13-25-22(27)21-15(2)18-11-17(23)4-5-19(18)28-21/h3-6,11-12,14H,7-10,13H2,1-2H3,(H,25,27). The van der Waals surface area contributed by atoms with Gasteiger partial charge in [0.15, 0.2) is 5.76 Å². The first-order chi connectivity index (χ1) is 13.5. The van der Waals surface area contributed by atoms with E-state index in [9.17, 15) is 4.79 Å². The SMILES string of the molecule is Cc1c(C(=O)NCc2ccc(N3CCC(C)CC3)nc2)oc2ccc(Cl)cc12. The van der Waals surface area contributed by atoms with Gasteiger partial charge < -0.3 is 14.6 Å². The molecule has 5 nitrogen and oxygen atoms in total. The maximum atomic E-state index is 12.6. The van der Waals surface area contributed by atoms with E-state index in [1.807, 2.05) is 31.3 Å². The van der Waals surface area contributed by atoms with Crippen molar-refractivity contribution in [2.75, 3.05) is 18.0 Å². The minimum absolute atomic E-state index is 0.237. The molecule has 0 radical (unpaired) electrons. The molecule has 0 bridgehead atoms. The lowest BCUT2D eigenvalue weighted by Crippen LogP contribution is -2.33. The van der Waals surface area contributed by atoms with Crippen molar-refractivity contribution in [3.05, 3.63) is 58.4 Å². The molecule has 1 aromatic carbocycles. The van der Waals surface area contributed by atoms with Gasteiger partial charge in [0.25, 0.3) is 5.91 Å². The Morgan fingerprint density at radius 2 is 2.07 bits per heavy atom. The fraction of sp³-hybridized carbons (Fsp3) is 0.364. The van der Waals surface area contributed by atoms with Crippen LogP contribution in [0.25, 0.3) is 11.0 Å². The van der Waals surface area contributed by atoms with Crippen molar-refractivity contribution in [1.29, 1.82) is 0 Å². The highest BCUT2D eigenvalue weighted by atomic mass is 35.5. The van der Waals surface area contributed by atoms with Crippen LogP contribution in [0, 0.1) is 12.8 Å². The number of amides is 1. The van der Waals surface area contributed by atoms with Gasteiger partial charge in [-0.1, -0.05) is 24.6 Å². The summed E-state index contributed by atoms with van der Waals surface area (Å²) in [7, 11) is 0. The molecular formula is C22H24ClN3O2. The number of piperidine rings is 1. The van der Waals surface area contributed by atoms with Gasteiger partial charge in [-0.05, 0) is 55.5 Å². The van der Waals surface area contributed by atoms with Crippen molar-refractivity contribution < 1.29 is 9.21 Å². The van der Waals surface area contributed by atoms with Crippen LogP contribution in [-0.4, -0.2) is 24.0 Å². The molecular weight excluding hydrogens is 374 g/mol. The number of hydrogen-bond donors (Lipinski definition) is 1. The van der Waals surface area contributed by atoms with Crippen LogP contribution < -0.4 is 10.2 Å². The fourth-order valence-electron chi connectivity index (χ4n) is 3.62. The van der Waals surface area contributed by atoms with E-state index in [0.717, 1.165) is 41.3 Å². The molecule has 1 amide bonds. The van der Waals surface area contributed by atoms with E-state index in [1.54, 1.807) is 12.1 Å². The highest BCUT2D eigenvalue weighted by Crippen LogP contribution is 2.28. The van der Waals surface area contributed by atoms with Crippen molar-refractivity contribution in [3.8, 4) is 0 Å². The lowest BCUT2D eigenvalue weighted by Gasteiger charge is -2.31. The van der Waals surface area contributed by atoms with Gasteiger partial charge in [-0.3, -0.25) is 4.79 Å². The van der Waals surface area contributed by atoms with Crippen molar-refractivity contribution in [3.63, 3.8) is 0 Å². The molecule has 28 heavy (non-hydrogen) atoms. The summed E-state index contributed by atoms with van der Waals surface area (Å²) in [6.07, 6.45) is 4.25. The molecule has 0 aliphatic carbocycles. The molecule has 1 N–H and O–H groups in total. The molecule has 0 atom stereocenters. The van der Waals surface area contributed by atoms with Crippen LogP contribution in [0.15, 0.2) is 40.9 Å². The quantitative estimate of drug-likeness (QED) is 0.676. The zero-order chi connectivity index (χ0) is 19.7. The van der Waals surface area contributed by atoms with E-state index < -0.39 is 0 Å². The number of pyridine rings is 1. The largest absolute Gasteiger partial charge is 0.451 e. The number of aromatic nitrogens is 1. The molecule has 6 heteroatoms. The zero-order valence-corrected chi connectivity index (χ0v) is 16.9. The lowest BCUT2D eigenvalue weighted by atomic mass is 9.99. The zero-order valence-electron chi connectivity index (χ0n) is 16.2. The minimum Gasteiger partial charge on any atom is -0.451 e. The van der Waals surface area contributed by atoms with Crippen LogP contribution in [0.3, 0.4) is 0 Å². The van der Waals surface area contributed by atoms with Crippen LogP contribution in [0.2, 0.25) is 5.02 Å². The molecule has 146 valence electrons. The van der Waals surface area contributed by atoms with Crippen LogP contribution in [-0.2, 0) is 6.54 Å². The third kappa shape index (κ3) is 3.85. The molecule has 2 aromatic heterocycles. The molecule has 0 saturated carbocycles. The second-order valence-corrected chi connectivity index (χ2v) is 8.01. The molecule has 1 aliphatic rings. The van der Waals surface area contributed by atoms with Gasteiger partial charge in [0.05, 0.1) is 0 Å². The van der Waals surface area contributed by atoms with Gasteiger partial charge in [0, 0.05) is 41.8 Å². The van der Waals surface area contributed by atoms with E-state index in [-0.39, 0.29) is 5.91 Å². The Morgan fingerprint density at radius 3 is 2.79 bits per heavy atom. The molecule has 1 saturated heterocycles. The predicted octanol–water partition coefficient (Wildman–Crippen LogP) is 4.96. The van der Waals surface area contributed by atoms with Gasteiger partial charge in [0.1, 0.15) is 11.4 Å². The Morgan fingerprint density at radius 1 is 1.29 bits per heavy atom. The number of carbonyl (C=O) groups excluding carboxylic acids is 1. The van der Waals surface area contributed by atoms with Gasteiger partial charge in [-0.2, -0.15) is 0 Å². The summed E-state index contributed by atoms with van der Waals surface area (Å²) >= 11 is 6.04. The van der Waals surface area contributed by atoms with Crippen LogP contribution in [0.4, 0.5) is 5.82 Å². The number of furan rings is 1. The van der Waals surface area contributed by atoms with Gasteiger partial charge >= 0.3 is 0 Å². The van der Waals surface area contributed by atoms with E-state index in [1.165, 1.54) is 12.8 Å². The van der Waals surface area contributed by atoms with Crippen molar-refractivity contribution in [2.45, 2.75) is 33.2 Å². The number of rotatable bonds is 4. The molecule has 0 unspecified atom stereocenters. The van der Waals surface area contributed by atoms with Gasteiger partial charge in [-0.25, -0.2) is 4.98 Å². The third-order valence-corrected chi connectivity index (χ3v) is 5.71. The van der Waals surface area contributed by atoms with Crippen molar-refractivity contribution >= 4 is 34.3 Å². The van der Waals surface area contributed by atoms with Crippen LogP contribution in [0.1, 0.15) is 41.4 Å². The van der Waals surface area contributed by atoms with Crippen LogP contribution in [0.5, 0.6) is 0 Å². The second-order valence-electron chi connectivity index (χ2n) is 7.57. The molecule has 3 heterocycles. The van der Waals surface area contributed by atoms with E-state index >= 15 is 0 Å². The first kappa shape index (κ1) is 18.8. The number of carbonyl (C=O) groups is 1. The second kappa shape index (κ2) is 7.84. The highest BCUT2D eigenvalue weighted by molar-refractivity contribution is 6.31. The third-order valence-electron chi connectivity index (χ3n) is 5.47. The number of halogens is 1. The van der Waals surface area contributed by atoms with E-state index in [2.05, 4.69) is 22.1 Å². The average Bonchev–Trinajstić information content (AvgIpc) is 3.03. The number of nitrogens with one attached hydrogen (secondary N) is 1. The Labute approximate surface area is 169 Å². The first-order valence-corrected chi connectivity index (χ1v) is 10.1. The lowest BCUT2D eigenvalue weighted by molar-refractivity contribution is 0.0924. The summed E-state index contributed by atoms with van der Waals surface area (Å²) in [6, 6.07) is 9.41. The summed E-state index contributed by atoms with van der Waals surface area (Å²) in [5, 5.41) is 4.40. The summed E-state index contributed by atoms with van der Waals surface area (Å²) in [5.41, 5.74) is 2.41. The molecule has 1 fully saturated rings. The van der Waals surface area contributed by atoms with E-state index in [4.69, 9.17) is 16.0 Å². The summed E-state index contributed by atoms with van der Waals surface area (Å²) in [4.78, 5) is 19.5. The number of fused-ring (bicyclic) bond motifs is 1. The first-order valence-electron chi connectivity index (χ1n) is 9.68.